The highest BCUT2D eigenvalue weighted by Gasteiger charge is 2.45. The van der Waals surface area contributed by atoms with Crippen molar-refractivity contribution in [3.8, 4) is 0 Å². The molecule has 3 unspecified atom stereocenters. The molecule has 30 heteroatoms. The summed E-state index contributed by atoms with van der Waals surface area (Å²) in [5, 5.41) is 40.6. The first-order chi connectivity index (χ1) is 39.7. The molecule has 10 atom stereocenters. The molecular weight excluding hydrogens is 1150 g/mol. The van der Waals surface area contributed by atoms with Crippen LogP contribution < -0.4 is 43.0 Å². The quantitative estimate of drug-likeness (QED) is 0.0550. The fraction of sp³-hybridized carbons (Fsp3) is 0.611. The number of H-pyrrole nitrogens is 1. The lowest BCUT2D eigenvalue weighted by Crippen LogP contribution is -2.60. The number of nitrogens with one attached hydrogen (secondary N) is 8. The van der Waals surface area contributed by atoms with E-state index in [1.807, 2.05) is 27.7 Å². The number of hydroxylamine groups is 2. The van der Waals surface area contributed by atoms with Crippen molar-refractivity contribution >= 4 is 127 Å². The van der Waals surface area contributed by atoms with E-state index in [1.54, 1.807) is 32.0 Å². The average molecular weight is 1230 g/mol. The number of hydrogen-bond acceptors (Lipinski definition) is 18. The molecule has 1 aromatic carbocycles. The topological polar surface area (TPSA) is 404 Å². The third-order valence-corrected chi connectivity index (χ3v) is 19.8. The van der Waals surface area contributed by atoms with Crippen LogP contribution in [0.4, 0.5) is 5.69 Å². The number of aromatic amines is 1. The van der Waals surface area contributed by atoms with Gasteiger partial charge < -0.3 is 67.9 Å². The van der Waals surface area contributed by atoms with E-state index in [1.165, 1.54) is 21.6 Å². The number of hydrogen-bond donors (Lipinski definition) is 11. The van der Waals surface area contributed by atoms with Gasteiger partial charge in [-0.3, -0.25) is 57.5 Å². The van der Waals surface area contributed by atoms with Crippen molar-refractivity contribution in [2.75, 3.05) is 36.5 Å². The van der Waals surface area contributed by atoms with Gasteiger partial charge in [-0.1, -0.05) is 62.1 Å². The molecule has 0 radical (unpaired) electrons. The maximum atomic E-state index is 14.6. The van der Waals surface area contributed by atoms with Crippen LogP contribution in [0.1, 0.15) is 111 Å². The van der Waals surface area contributed by atoms with Gasteiger partial charge in [-0.05, 0) is 68.2 Å². The SMILES string of the molecule is CCC(C)[C@@H]1NC(=O)[C@@H]2C[C@@H](O)CN2C(=O)C(CC(=O)O)NC(=O)[C@@H]2CSc3[nH]c4ccc(cc4c3C[C@@H](C(=O)NCC(N)=O)NC1=O)NC(=O)CC(CCSSC(C)(C)CCC(=O)ON1C(=O)CCC1=O)[C@@H]([C@@H](C)CC)C(=O)NCC(=O)N2. The van der Waals surface area contributed by atoms with E-state index in [-0.39, 0.29) is 60.9 Å². The lowest BCUT2D eigenvalue weighted by atomic mass is 9.77. The number of imide groups is 1. The van der Waals surface area contributed by atoms with Gasteiger partial charge in [-0.15, -0.1) is 16.8 Å². The number of carboxylic acids is 1. The third kappa shape index (κ3) is 17.8. The molecule has 2 saturated heterocycles. The van der Waals surface area contributed by atoms with E-state index < -0.39 is 162 Å². The van der Waals surface area contributed by atoms with Crippen LogP contribution in [-0.4, -0.2) is 174 Å². The largest absolute Gasteiger partial charge is 0.481 e. The number of rotatable bonds is 18. The molecule has 84 heavy (non-hydrogen) atoms. The summed E-state index contributed by atoms with van der Waals surface area (Å²) in [7, 11) is 2.89. The number of anilines is 1. The molecule has 5 bridgehead atoms. The molecule has 460 valence electrons. The zero-order valence-corrected chi connectivity index (χ0v) is 50.1. The van der Waals surface area contributed by atoms with Crippen LogP contribution in [0.15, 0.2) is 23.2 Å². The minimum atomic E-state index is -1.85. The Hall–Kier alpha value is -6.92. The second kappa shape index (κ2) is 29.7. The Labute approximate surface area is 496 Å². The predicted octanol–water partition coefficient (Wildman–Crippen LogP) is 0.514. The number of carbonyl (C=O) groups is 13. The third-order valence-electron chi connectivity index (χ3n) is 15.3. The van der Waals surface area contributed by atoms with Crippen LogP contribution in [0.3, 0.4) is 0 Å². The number of amides is 11. The second-order valence-corrected chi connectivity index (χ2v) is 26.3. The van der Waals surface area contributed by atoms with E-state index in [2.05, 4.69) is 42.2 Å². The van der Waals surface area contributed by atoms with Gasteiger partial charge in [0.25, 0.3) is 11.8 Å². The molecular formula is C54H75N11O16S3. The predicted molar refractivity (Wildman–Crippen MR) is 308 cm³/mol. The molecule has 27 nitrogen and oxygen atoms in total. The van der Waals surface area contributed by atoms with Crippen LogP contribution in [0.25, 0.3) is 10.9 Å². The minimum absolute atomic E-state index is 0.0388. The minimum Gasteiger partial charge on any atom is -0.481 e. The molecule has 12 N–H and O–H groups in total. The molecule has 0 aliphatic carbocycles. The molecule has 4 aliphatic rings. The first-order valence-electron chi connectivity index (χ1n) is 27.9. The summed E-state index contributed by atoms with van der Waals surface area (Å²) in [6, 6.07) is -2.91. The first-order valence-corrected chi connectivity index (χ1v) is 31.2. The summed E-state index contributed by atoms with van der Waals surface area (Å²) in [5.74, 6) is -13.4. The van der Waals surface area contributed by atoms with Crippen molar-refractivity contribution in [1.29, 1.82) is 0 Å². The fourth-order valence-corrected chi connectivity index (χ4v) is 14.1. The summed E-state index contributed by atoms with van der Waals surface area (Å²) in [4.78, 5) is 185. The number of nitrogens with zero attached hydrogens (tertiary/aromatic N) is 2. The smallest absolute Gasteiger partial charge is 0.333 e. The number of fused-ring (bicyclic) bond motifs is 4. The molecule has 11 amide bonds. The Balaban J connectivity index is 1.40. The first kappa shape index (κ1) is 66.2. The van der Waals surface area contributed by atoms with Crippen molar-refractivity contribution in [2.24, 2.45) is 29.4 Å². The van der Waals surface area contributed by atoms with Crippen molar-refractivity contribution in [1.82, 2.24) is 46.8 Å². The van der Waals surface area contributed by atoms with Gasteiger partial charge in [-0.2, -0.15) is 0 Å². The van der Waals surface area contributed by atoms with Gasteiger partial charge in [0.15, 0.2) is 0 Å². The Bertz CT molecular complexity index is 2870. The van der Waals surface area contributed by atoms with E-state index in [0.717, 1.165) is 16.7 Å². The lowest BCUT2D eigenvalue weighted by molar-refractivity contribution is -0.197. The number of thioether (sulfide) groups is 1. The van der Waals surface area contributed by atoms with Gasteiger partial charge in [0, 0.05) is 83.8 Å². The zero-order chi connectivity index (χ0) is 61.7. The highest BCUT2D eigenvalue weighted by molar-refractivity contribution is 8.77. The van der Waals surface area contributed by atoms with Crippen molar-refractivity contribution in [3.05, 3.63) is 23.8 Å². The van der Waals surface area contributed by atoms with Crippen LogP contribution in [0.2, 0.25) is 0 Å². The lowest BCUT2D eigenvalue weighted by Gasteiger charge is -2.32. The van der Waals surface area contributed by atoms with Gasteiger partial charge in [0.2, 0.25) is 53.2 Å². The molecule has 1 aromatic heterocycles. The standard InChI is InChI=1S/C54H75N11O16S3/c1-7-26(3)45-28(14-16-83-84-54(5,6)15-13-44(74)81-65-41(70)11-12-42(65)71)17-39(68)58-29-9-10-33-31(18-29)32-20-34(47(75)56-22-38(55)67)60-51(79)46(27(4)8-2)63-49(77)37-19-30(66)24-64(37)53(80)35(21-43(72)73)61-48(76)36(25-82-52(32)62-33)59-40(69)23-57-50(45)78/h9-10,18,26-28,30,34-37,45-46,62,66H,7-8,11-17,19-25H2,1-6H3,(H2,55,67)(H,56,75)(H,57,78)(H,58,68)(H,59,69)(H,60,79)(H,61,76)(H,63,77)(H,72,73)/t26-,27?,28?,30+,34-,35?,36-,37-,45+,46-/m0/s1. The van der Waals surface area contributed by atoms with Crippen molar-refractivity contribution in [2.45, 2.75) is 158 Å². The summed E-state index contributed by atoms with van der Waals surface area (Å²) >= 11 is 0.957. The molecule has 4 aliphatic heterocycles. The highest BCUT2D eigenvalue weighted by atomic mass is 33.1. The summed E-state index contributed by atoms with van der Waals surface area (Å²) in [6.45, 7) is 9.15. The van der Waals surface area contributed by atoms with E-state index in [4.69, 9.17) is 10.6 Å². The van der Waals surface area contributed by atoms with Crippen molar-refractivity contribution in [3.63, 3.8) is 0 Å². The zero-order valence-electron chi connectivity index (χ0n) is 47.6. The fourth-order valence-electron chi connectivity index (χ4n) is 10.3. The van der Waals surface area contributed by atoms with Crippen LogP contribution in [0, 0.1) is 23.7 Å². The highest BCUT2D eigenvalue weighted by Crippen LogP contribution is 2.41. The number of aliphatic carboxylic acids is 1. The molecule has 2 aromatic rings. The maximum absolute atomic E-state index is 14.6. The van der Waals surface area contributed by atoms with Gasteiger partial charge >= 0.3 is 11.9 Å². The Morgan fingerprint density at radius 1 is 0.893 bits per heavy atom. The molecule has 5 heterocycles. The number of aliphatic hydroxyl groups excluding tert-OH is 1. The second-order valence-electron chi connectivity index (χ2n) is 22.1. The summed E-state index contributed by atoms with van der Waals surface area (Å²) < 4.78 is -0.532. The summed E-state index contributed by atoms with van der Waals surface area (Å²) in [6.07, 6.45) is -1.89. The van der Waals surface area contributed by atoms with Crippen molar-refractivity contribution < 1.29 is 77.4 Å². The number of aliphatic hydroxyl groups is 1. The molecule has 0 saturated carbocycles. The summed E-state index contributed by atoms with van der Waals surface area (Å²) in [5.41, 5.74) is 6.48. The van der Waals surface area contributed by atoms with Gasteiger partial charge in [0.1, 0.15) is 30.2 Å². The molecule has 2 fully saturated rings. The van der Waals surface area contributed by atoms with E-state index in [0.29, 0.717) is 53.0 Å². The normalized spacial score (nSPS) is 25.1. The Kier molecular flexibility index (Phi) is 23.4. The molecule has 6 rings (SSSR count). The Morgan fingerprint density at radius 3 is 2.26 bits per heavy atom. The van der Waals surface area contributed by atoms with Gasteiger partial charge in [0.05, 0.1) is 30.6 Å². The van der Waals surface area contributed by atoms with E-state index in [9.17, 15) is 72.5 Å². The number of carbonyl (C=O) groups excluding carboxylic acids is 12. The number of primary amides is 1. The van der Waals surface area contributed by atoms with E-state index >= 15 is 0 Å². The van der Waals surface area contributed by atoms with Crippen LogP contribution in [-0.2, 0) is 73.6 Å². The number of carboxylic acid groups (broad SMARTS) is 1. The van der Waals surface area contributed by atoms with Gasteiger partial charge in [-0.25, -0.2) is 4.79 Å². The number of nitrogens with two attached hydrogens (primary N) is 1. The molecule has 0 spiro atoms. The number of benzene rings is 1. The van der Waals surface area contributed by atoms with Crippen LogP contribution >= 0.6 is 33.3 Å². The Morgan fingerprint density at radius 2 is 1.60 bits per heavy atom. The van der Waals surface area contributed by atoms with Crippen LogP contribution in [0.5, 0.6) is 0 Å². The monoisotopic (exact) mass is 1230 g/mol. The average Bonchev–Trinajstić information content (AvgIpc) is 3.36. The number of aromatic nitrogens is 1. The maximum Gasteiger partial charge on any atom is 0.333 e.